The molecular formula is C19H26N4O. The molecule has 1 unspecified atom stereocenters. The van der Waals surface area contributed by atoms with Gasteiger partial charge in [0.05, 0.1) is 12.0 Å². The lowest BCUT2D eigenvalue weighted by Gasteiger charge is -2.32. The third-order valence-electron chi connectivity index (χ3n) is 4.88. The first kappa shape index (κ1) is 16.7. The minimum absolute atomic E-state index is 0.134. The van der Waals surface area contributed by atoms with E-state index in [2.05, 4.69) is 22.2 Å². The molecule has 1 saturated heterocycles. The maximum absolute atomic E-state index is 12.2. The second kappa shape index (κ2) is 8.11. The monoisotopic (exact) mass is 326 g/mol. The van der Waals surface area contributed by atoms with E-state index >= 15 is 0 Å². The number of carbonyl (C=O) groups excluding carboxylic acids is 1. The average molecular weight is 326 g/mol. The van der Waals surface area contributed by atoms with Crippen LogP contribution in [0.5, 0.6) is 0 Å². The van der Waals surface area contributed by atoms with E-state index in [1.165, 1.54) is 19.3 Å². The van der Waals surface area contributed by atoms with Crippen molar-refractivity contribution in [3.05, 3.63) is 48.5 Å². The first-order valence-corrected chi connectivity index (χ1v) is 8.77. The summed E-state index contributed by atoms with van der Waals surface area (Å²) in [5.74, 6) is 0.134. The Morgan fingerprint density at radius 2 is 2.21 bits per heavy atom. The molecule has 0 bridgehead atoms. The van der Waals surface area contributed by atoms with Gasteiger partial charge in [-0.3, -0.25) is 4.79 Å². The summed E-state index contributed by atoms with van der Waals surface area (Å²) >= 11 is 0. The van der Waals surface area contributed by atoms with Crippen molar-refractivity contribution >= 4 is 5.91 Å². The molecule has 0 saturated carbocycles. The van der Waals surface area contributed by atoms with Crippen LogP contribution in [-0.2, 0) is 11.3 Å². The fourth-order valence-corrected chi connectivity index (χ4v) is 3.40. The number of para-hydroxylation sites is 1. The number of rotatable bonds is 6. The fourth-order valence-electron chi connectivity index (χ4n) is 3.40. The van der Waals surface area contributed by atoms with Crippen LogP contribution in [0.2, 0.25) is 0 Å². The summed E-state index contributed by atoms with van der Waals surface area (Å²) in [6, 6.07) is 8.64. The van der Waals surface area contributed by atoms with Crippen molar-refractivity contribution < 1.29 is 4.79 Å². The predicted octanol–water partition coefficient (Wildman–Crippen LogP) is 2.75. The molecular weight excluding hydrogens is 300 g/mol. The Labute approximate surface area is 143 Å². The van der Waals surface area contributed by atoms with Gasteiger partial charge in [-0.15, -0.1) is 0 Å². The molecule has 5 nitrogen and oxygen atoms in total. The van der Waals surface area contributed by atoms with Crippen LogP contribution in [0, 0.1) is 0 Å². The van der Waals surface area contributed by atoms with Gasteiger partial charge in [0.2, 0.25) is 5.91 Å². The van der Waals surface area contributed by atoms with E-state index in [1.54, 1.807) is 12.5 Å². The van der Waals surface area contributed by atoms with Gasteiger partial charge in [0.25, 0.3) is 0 Å². The zero-order valence-electron chi connectivity index (χ0n) is 14.3. The molecule has 1 aliphatic heterocycles. The number of amides is 1. The smallest absolute Gasteiger partial charge is 0.220 e. The first-order valence-electron chi connectivity index (χ1n) is 8.77. The Morgan fingerprint density at radius 1 is 1.33 bits per heavy atom. The van der Waals surface area contributed by atoms with Crippen LogP contribution in [0.15, 0.2) is 43.0 Å². The van der Waals surface area contributed by atoms with Crippen LogP contribution in [0.25, 0.3) is 5.69 Å². The molecule has 1 atom stereocenters. The minimum atomic E-state index is 0.134. The van der Waals surface area contributed by atoms with Crippen molar-refractivity contribution in [3.8, 4) is 5.69 Å². The number of piperidine rings is 1. The number of imidazole rings is 1. The largest absolute Gasteiger partial charge is 0.352 e. The van der Waals surface area contributed by atoms with Crippen LogP contribution in [-0.4, -0.2) is 40.0 Å². The summed E-state index contributed by atoms with van der Waals surface area (Å²) in [7, 11) is 2.17. The van der Waals surface area contributed by atoms with Gasteiger partial charge in [0.15, 0.2) is 0 Å². The highest BCUT2D eigenvalue weighted by Crippen LogP contribution is 2.19. The highest BCUT2D eigenvalue weighted by Gasteiger charge is 2.19. The van der Waals surface area contributed by atoms with Crippen molar-refractivity contribution in [2.24, 2.45) is 0 Å². The number of likely N-dealkylation sites (tertiary alicyclic amines) is 1. The molecule has 0 radical (unpaired) electrons. The maximum Gasteiger partial charge on any atom is 0.220 e. The van der Waals surface area contributed by atoms with Crippen LogP contribution in [0.4, 0.5) is 0 Å². The van der Waals surface area contributed by atoms with E-state index in [9.17, 15) is 4.79 Å². The quantitative estimate of drug-likeness (QED) is 0.888. The molecule has 128 valence electrons. The SMILES string of the molecule is CN1CCCCC1CCC(=O)NCc1ccccc1-n1ccnc1. The molecule has 1 aromatic heterocycles. The van der Waals surface area contributed by atoms with Gasteiger partial charge >= 0.3 is 0 Å². The molecule has 5 heteroatoms. The molecule has 0 spiro atoms. The van der Waals surface area contributed by atoms with E-state index in [0.717, 1.165) is 24.2 Å². The number of carbonyl (C=O) groups is 1. The lowest BCUT2D eigenvalue weighted by atomic mass is 9.98. The Balaban J connectivity index is 1.52. The molecule has 1 amide bonds. The summed E-state index contributed by atoms with van der Waals surface area (Å²) < 4.78 is 1.97. The summed E-state index contributed by atoms with van der Waals surface area (Å²) in [6.45, 7) is 1.71. The average Bonchev–Trinajstić information content (AvgIpc) is 3.14. The van der Waals surface area contributed by atoms with Crippen molar-refractivity contribution in [1.82, 2.24) is 19.8 Å². The lowest BCUT2D eigenvalue weighted by Crippen LogP contribution is -2.37. The summed E-state index contributed by atoms with van der Waals surface area (Å²) in [5.41, 5.74) is 2.15. The number of hydrogen-bond acceptors (Lipinski definition) is 3. The van der Waals surface area contributed by atoms with Crippen LogP contribution >= 0.6 is 0 Å². The van der Waals surface area contributed by atoms with Gasteiger partial charge in [-0.25, -0.2) is 4.98 Å². The summed E-state index contributed by atoms with van der Waals surface area (Å²) in [6.07, 6.45) is 10.8. The van der Waals surface area contributed by atoms with E-state index in [4.69, 9.17) is 0 Å². The highest BCUT2D eigenvalue weighted by molar-refractivity contribution is 5.76. The van der Waals surface area contributed by atoms with Gasteiger partial charge in [-0.1, -0.05) is 24.6 Å². The molecule has 1 aromatic carbocycles. The third-order valence-corrected chi connectivity index (χ3v) is 4.88. The zero-order valence-corrected chi connectivity index (χ0v) is 14.3. The van der Waals surface area contributed by atoms with Gasteiger partial charge < -0.3 is 14.8 Å². The number of hydrogen-bond donors (Lipinski definition) is 1. The summed E-state index contributed by atoms with van der Waals surface area (Å²) in [5, 5.41) is 3.06. The molecule has 24 heavy (non-hydrogen) atoms. The standard InChI is InChI=1S/C19H26N4O/c1-22-12-5-4-7-17(22)9-10-19(24)21-14-16-6-2-3-8-18(16)23-13-11-20-15-23/h2-3,6,8,11,13,15,17H,4-5,7,9-10,12,14H2,1H3,(H,21,24). The normalized spacial score (nSPS) is 18.5. The highest BCUT2D eigenvalue weighted by atomic mass is 16.1. The van der Waals surface area contributed by atoms with Crippen LogP contribution in [0.3, 0.4) is 0 Å². The van der Waals surface area contributed by atoms with E-state index in [0.29, 0.717) is 19.0 Å². The zero-order chi connectivity index (χ0) is 16.8. The topological polar surface area (TPSA) is 50.2 Å². The summed E-state index contributed by atoms with van der Waals surface area (Å²) in [4.78, 5) is 18.7. The van der Waals surface area contributed by atoms with Crippen LogP contribution < -0.4 is 5.32 Å². The minimum Gasteiger partial charge on any atom is -0.352 e. The molecule has 2 heterocycles. The second-order valence-electron chi connectivity index (χ2n) is 6.54. The maximum atomic E-state index is 12.2. The predicted molar refractivity (Wildman–Crippen MR) is 94.9 cm³/mol. The lowest BCUT2D eigenvalue weighted by molar-refractivity contribution is -0.121. The Bertz CT molecular complexity index is 653. The van der Waals surface area contributed by atoms with Crippen molar-refractivity contribution in [2.75, 3.05) is 13.6 Å². The van der Waals surface area contributed by atoms with Crippen LogP contribution in [0.1, 0.15) is 37.7 Å². The van der Waals surface area contributed by atoms with Gasteiger partial charge in [0.1, 0.15) is 0 Å². The van der Waals surface area contributed by atoms with Gasteiger partial charge in [0, 0.05) is 31.4 Å². The second-order valence-corrected chi connectivity index (χ2v) is 6.54. The van der Waals surface area contributed by atoms with Gasteiger partial charge in [-0.05, 0) is 44.5 Å². The van der Waals surface area contributed by atoms with E-state index in [-0.39, 0.29) is 5.91 Å². The molecule has 1 N–H and O–H groups in total. The van der Waals surface area contributed by atoms with Crippen molar-refractivity contribution in [1.29, 1.82) is 0 Å². The van der Waals surface area contributed by atoms with Crippen molar-refractivity contribution in [3.63, 3.8) is 0 Å². The number of aromatic nitrogens is 2. The van der Waals surface area contributed by atoms with E-state index < -0.39 is 0 Å². The number of benzene rings is 1. The molecule has 3 rings (SSSR count). The number of nitrogens with zero attached hydrogens (tertiary/aromatic N) is 3. The molecule has 0 aliphatic carbocycles. The van der Waals surface area contributed by atoms with Crippen molar-refractivity contribution in [2.45, 2.75) is 44.7 Å². The molecule has 1 aliphatic rings. The van der Waals surface area contributed by atoms with Gasteiger partial charge in [-0.2, -0.15) is 0 Å². The fraction of sp³-hybridized carbons (Fsp3) is 0.474. The first-order chi connectivity index (χ1) is 11.7. The Morgan fingerprint density at radius 3 is 3.00 bits per heavy atom. The molecule has 1 fully saturated rings. The Kier molecular flexibility index (Phi) is 5.64. The Hall–Kier alpha value is -2.14. The third kappa shape index (κ3) is 4.23. The number of nitrogens with one attached hydrogen (secondary N) is 1. The van der Waals surface area contributed by atoms with E-state index in [1.807, 2.05) is 35.0 Å². The molecule has 2 aromatic rings.